The molecular formula is C28H36N8O3. The number of methoxy groups -OCH3 is 1. The van der Waals surface area contributed by atoms with Gasteiger partial charge >= 0.3 is 6.01 Å². The molecule has 5 rings (SSSR count). The number of carbonyl (C=O) groups is 1. The Morgan fingerprint density at radius 1 is 1.23 bits per heavy atom. The van der Waals surface area contributed by atoms with Crippen molar-refractivity contribution in [2.45, 2.75) is 37.9 Å². The minimum absolute atomic E-state index is 0.140. The number of pyridine rings is 1. The lowest BCUT2D eigenvalue weighted by Gasteiger charge is -2.41. The molecule has 3 aliphatic rings. The average molecular weight is 533 g/mol. The second kappa shape index (κ2) is 11.9. The first-order valence-electron chi connectivity index (χ1n) is 13.5. The molecule has 0 N–H and O–H groups in total. The Labute approximate surface area is 229 Å². The lowest BCUT2D eigenvalue weighted by Crippen LogP contribution is -2.56. The smallest absolute Gasteiger partial charge is 0.318 e. The molecule has 206 valence electrons. The third kappa shape index (κ3) is 5.61. The van der Waals surface area contributed by atoms with E-state index in [-0.39, 0.29) is 18.5 Å². The van der Waals surface area contributed by atoms with Gasteiger partial charge in [-0.1, -0.05) is 6.58 Å². The standard InChI is InChI=1S/C28H36N8O3/c1-5-26(37)36-14-13-35(17-21(36)15-29-2)27-22-9-12-34(24-16-30-10-8-25(24)38-4)18-23(22)31-28(32-27)39-19-20-7-6-11-33(20)3/h5,8,10,16,20-21H,1,6-7,9,11-15,17-19H2,3-4H3/t20-,21-/m0/s1. The Kier molecular flexibility index (Phi) is 8.12. The first kappa shape index (κ1) is 26.7. The van der Waals surface area contributed by atoms with Crippen molar-refractivity contribution >= 4 is 17.4 Å². The molecule has 0 unspecified atom stereocenters. The van der Waals surface area contributed by atoms with Crippen LogP contribution in [0, 0.1) is 6.57 Å². The summed E-state index contributed by atoms with van der Waals surface area (Å²) in [6, 6.07) is 2.35. The van der Waals surface area contributed by atoms with Crippen LogP contribution in [0.1, 0.15) is 24.1 Å². The van der Waals surface area contributed by atoms with E-state index in [1.165, 1.54) is 12.5 Å². The van der Waals surface area contributed by atoms with Crippen molar-refractivity contribution < 1.29 is 14.3 Å². The molecule has 0 saturated carbocycles. The normalized spacial score (nSPS) is 21.3. The maximum atomic E-state index is 12.5. The lowest BCUT2D eigenvalue weighted by molar-refractivity contribution is -0.128. The molecule has 2 aromatic heterocycles. The van der Waals surface area contributed by atoms with Crippen molar-refractivity contribution in [1.29, 1.82) is 0 Å². The van der Waals surface area contributed by atoms with Gasteiger partial charge in [0, 0.05) is 50.0 Å². The third-order valence-corrected chi connectivity index (χ3v) is 7.96. The number of amides is 1. The summed E-state index contributed by atoms with van der Waals surface area (Å²) in [5.74, 6) is 1.47. The highest BCUT2D eigenvalue weighted by atomic mass is 16.5. The molecule has 2 aromatic rings. The van der Waals surface area contributed by atoms with Crippen molar-refractivity contribution in [2.75, 3.05) is 69.8 Å². The van der Waals surface area contributed by atoms with Gasteiger partial charge in [-0.15, -0.1) is 0 Å². The van der Waals surface area contributed by atoms with Gasteiger partial charge in [0.1, 0.15) is 24.2 Å². The van der Waals surface area contributed by atoms with E-state index in [1.54, 1.807) is 18.2 Å². The number of aromatic nitrogens is 3. The zero-order valence-corrected chi connectivity index (χ0v) is 22.8. The van der Waals surface area contributed by atoms with Crippen LogP contribution in [0.15, 0.2) is 31.1 Å². The first-order chi connectivity index (χ1) is 19.0. The summed E-state index contributed by atoms with van der Waals surface area (Å²) < 4.78 is 11.8. The van der Waals surface area contributed by atoms with Crippen LogP contribution in [-0.4, -0.2) is 103 Å². The molecule has 5 heterocycles. The van der Waals surface area contributed by atoms with E-state index in [2.05, 4.69) is 38.2 Å². The van der Waals surface area contributed by atoms with Gasteiger partial charge in [-0.25, -0.2) is 6.57 Å². The molecule has 0 radical (unpaired) electrons. The Bertz CT molecular complexity index is 1250. The Hall–Kier alpha value is -3.91. The molecule has 0 aromatic carbocycles. The summed E-state index contributed by atoms with van der Waals surface area (Å²) in [6.45, 7) is 15.9. The summed E-state index contributed by atoms with van der Waals surface area (Å²) >= 11 is 0. The minimum Gasteiger partial charge on any atom is -0.494 e. The van der Waals surface area contributed by atoms with Crippen molar-refractivity contribution in [3.05, 3.63) is 53.8 Å². The number of likely N-dealkylation sites (N-methyl/N-ethyl adjacent to an activating group) is 1. The maximum absolute atomic E-state index is 12.5. The summed E-state index contributed by atoms with van der Waals surface area (Å²) in [5.41, 5.74) is 2.93. The third-order valence-electron chi connectivity index (χ3n) is 7.96. The van der Waals surface area contributed by atoms with E-state index in [9.17, 15) is 4.79 Å². The molecule has 11 heteroatoms. The van der Waals surface area contributed by atoms with Crippen LogP contribution in [0.5, 0.6) is 11.8 Å². The highest BCUT2D eigenvalue weighted by Crippen LogP contribution is 2.35. The fourth-order valence-electron chi connectivity index (χ4n) is 5.78. The number of rotatable bonds is 8. The minimum atomic E-state index is -0.233. The molecule has 2 fully saturated rings. The Balaban J connectivity index is 1.45. The molecule has 3 aliphatic heterocycles. The molecule has 1 amide bonds. The van der Waals surface area contributed by atoms with E-state index in [1.807, 2.05) is 12.3 Å². The number of anilines is 2. The second-order valence-corrected chi connectivity index (χ2v) is 10.2. The van der Waals surface area contributed by atoms with E-state index in [0.717, 1.165) is 54.4 Å². The van der Waals surface area contributed by atoms with Crippen molar-refractivity contribution in [3.63, 3.8) is 0 Å². The van der Waals surface area contributed by atoms with Crippen LogP contribution in [0.2, 0.25) is 0 Å². The average Bonchev–Trinajstić information content (AvgIpc) is 3.39. The van der Waals surface area contributed by atoms with Crippen LogP contribution in [0.4, 0.5) is 11.5 Å². The molecule has 0 spiro atoms. The zero-order chi connectivity index (χ0) is 27.4. The van der Waals surface area contributed by atoms with E-state index in [0.29, 0.717) is 44.8 Å². The summed E-state index contributed by atoms with van der Waals surface area (Å²) in [6.07, 6.45) is 7.88. The Morgan fingerprint density at radius 3 is 2.85 bits per heavy atom. The molecule has 0 bridgehead atoms. The second-order valence-electron chi connectivity index (χ2n) is 10.2. The van der Waals surface area contributed by atoms with Gasteiger partial charge in [0.2, 0.25) is 12.5 Å². The molecule has 0 aliphatic carbocycles. The number of nitrogens with zero attached hydrogens (tertiary/aromatic N) is 8. The Morgan fingerprint density at radius 2 is 2.10 bits per heavy atom. The fourth-order valence-corrected chi connectivity index (χ4v) is 5.78. The lowest BCUT2D eigenvalue weighted by atomic mass is 10.0. The van der Waals surface area contributed by atoms with Crippen LogP contribution >= 0.6 is 0 Å². The molecular weight excluding hydrogens is 496 g/mol. The van der Waals surface area contributed by atoms with Gasteiger partial charge in [-0.05, 0) is 38.9 Å². The summed E-state index contributed by atoms with van der Waals surface area (Å²) in [7, 11) is 3.79. The predicted molar refractivity (Wildman–Crippen MR) is 148 cm³/mol. The number of likely N-dealkylation sites (tertiary alicyclic amines) is 1. The zero-order valence-electron chi connectivity index (χ0n) is 22.8. The number of hydrogen-bond donors (Lipinski definition) is 0. The number of ether oxygens (including phenoxy) is 2. The number of piperazine rings is 1. The van der Waals surface area contributed by atoms with E-state index < -0.39 is 0 Å². The molecule has 39 heavy (non-hydrogen) atoms. The topological polar surface area (TPSA) is 91.5 Å². The summed E-state index contributed by atoms with van der Waals surface area (Å²) in [5, 5.41) is 0. The monoisotopic (exact) mass is 532 g/mol. The van der Waals surface area contributed by atoms with Gasteiger partial charge in [0.15, 0.2) is 0 Å². The van der Waals surface area contributed by atoms with E-state index >= 15 is 0 Å². The first-order valence-corrected chi connectivity index (χ1v) is 13.5. The molecule has 2 saturated heterocycles. The van der Waals surface area contributed by atoms with Gasteiger partial charge < -0.3 is 33.9 Å². The quantitative estimate of drug-likeness (QED) is 0.374. The maximum Gasteiger partial charge on any atom is 0.318 e. The van der Waals surface area contributed by atoms with Crippen molar-refractivity contribution in [1.82, 2.24) is 24.8 Å². The van der Waals surface area contributed by atoms with Gasteiger partial charge in [0.25, 0.3) is 0 Å². The van der Waals surface area contributed by atoms with Gasteiger partial charge in [-0.3, -0.25) is 9.78 Å². The summed E-state index contributed by atoms with van der Waals surface area (Å²) in [4.78, 5) is 38.7. The highest BCUT2D eigenvalue weighted by Gasteiger charge is 2.35. The largest absolute Gasteiger partial charge is 0.494 e. The van der Waals surface area contributed by atoms with Crippen LogP contribution in [-0.2, 0) is 17.8 Å². The fraction of sp³-hybridized carbons (Fsp3) is 0.536. The molecule has 11 nitrogen and oxygen atoms in total. The van der Waals surface area contributed by atoms with Crippen LogP contribution in [0.3, 0.4) is 0 Å². The number of fused-ring (bicyclic) bond motifs is 1. The van der Waals surface area contributed by atoms with Crippen LogP contribution in [0.25, 0.3) is 4.85 Å². The molecule has 2 atom stereocenters. The number of carbonyl (C=O) groups excluding carboxylic acids is 1. The highest BCUT2D eigenvalue weighted by molar-refractivity contribution is 5.87. The van der Waals surface area contributed by atoms with Crippen LogP contribution < -0.4 is 19.3 Å². The van der Waals surface area contributed by atoms with E-state index in [4.69, 9.17) is 26.0 Å². The van der Waals surface area contributed by atoms with Crippen molar-refractivity contribution in [3.8, 4) is 11.8 Å². The van der Waals surface area contributed by atoms with Gasteiger partial charge in [-0.2, -0.15) is 9.97 Å². The predicted octanol–water partition coefficient (Wildman–Crippen LogP) is 2.04. The van der Waals surface area contributed by atoms with Gasteiger partial charge in [0.05, 0.1) is 31.2 Å². The number of hydrogen-bond acceptors (Lipinski definition) is 9. The van der Waals surface area contributed by atoms with Crippen molar-refractivity contribution in [2.24, 2.45) is 0 Å². The SMILES string of the molecule is [C-]#[N+]C[C@H]1CN(c2nc(OC[C@@H]3CCCN3C)nc3c2CCN(c2cnccc2OC)C3)CCN1C(=O)C=C.